The summed E-state index contributed by atoms with van der Waals surface area (Å²) in [5, 5.41) is 11.2. The summed E-state index contributed by atoms with van der Waals surface area (Å²) < 4.78 is 11.7. The zero-order chi connectivity index (χ0) is 16.7. The lowest BCUT2D eigenvalue weighted by molar-refractivity contribution is -0.141. The van der Waals surface area contributed by atoms with Crippen LogP contribution in [0.25, 0.3) is 0 Å². The molecule has 1 amide bonds. The first-order valence-corrected chi connectivity index (χ1v) is 7.78. The number of ether oxygens (including phenoxy) is 2. The van der Waals surface area contributed by atoms with Gasteiger partial charge in [-0.1, -0.05) is 15.9 Å². The first-order chi connectivity index (χ1) is 10.4. The van der Waals surface area contributed by atoms with Crippen molar-refractivity contribution < 1.29 is 24.2 Å². The minimum Gasteiger partial charge on any atom is -0.490 e. The Bertz CT molecular complexity index is 547. The molecule has 0 aliphatic rings. The molecule has 0 fully saturated rings. The van der Waals surface area contributed by atoms with Gasteiger partial charge in [-0.25, -0.2) is 0 Å². The van der Waals surface area contributed by atoms with Crippen molar-refractivity contribution in [3.8, 4) is 11.5 Å². The number of hydrogen-bond donors (Lipinski definition) is 2. The van der Waals surface area contributed by atoms with Gasteiger partial charge in [0.05, 0.1) is 19.6 Å². The lowest BCUT2D eigenvalue weighted by Gasteiger charge is -2.15. The number of carboxylic acids is 1. The molecule has 0 saturated heterocycles. The highest BCUT2D eigenvalue weighted by Crippen LogP contribution is 2.34. The van der Waals surface area contributed by atoms with Crippen molar-refractivity contribution in [3.05, 3.63) is 22.2 Å². The van der Waals surface area contributed by atoms with E-state index in [2.05, 4.69) is 21.2 Å². The number of aliphatic carboxylic acids is 1. The summed E-state index contributed by atoms with van der Waals surface area (Å²) in [5.41, 5.74) is 0.696. The molecule has 1 rings (SSSR count). The topological polar surface area (TPSA) is 84.9 Å². The predicted octanol–water partition coefficient (Wildman–Crippen LogP) is 2.38. The van der Waals surface area contributed by atoms with E-state index in [9.17, 15) is 9.59 Å². The predicted molar refractivity (Wildman–Crippen MR) is 85.4 cm³/mol. The lowest BCUT2D eigenvalue weighted by atomic mass is 10.1. The Hall–Kier alpha value is -1.76. The van der Waals surface area contributed by atoms with Crippen LogP contribution in [0.15, 0.2) is 16.6 Å². The number of halogens is 1. The van der Waals surface area contributed by atoms with Crippen LogP contribution >= 0.6 is 15.9 Å². The van der Waals surface area contributed by atoms with Crippen LogP contribution in [0.5, 0.6) is 11.5 Å². The second-order valence-corrected chi connectivity index (χ2v) is 5.41. The van der Waals surface area contributed by atoms with Gasteiger partial charge < -0.3 is 19.9 Å². The molecule has 1 aromatic rings. The van der Waals surface area contributed by atoms with Gasteiger partial charge in [0.15, 0.2) is 11.5 Å². The van der Waals surface area contributed by atoms with Crippen molar-refractivity contribution in [3.63, 3.8) is 0 Å². The molecule has 0 heterocycles. The van der Waals surface area contributed by atoms with Gasteiger partial charge in [-0.15, -0.1) is 0 Å². The van der Waals surface area contributed by atoms with Crippen molar-refractivity contribution in [1.82, 2.24) is 5.32 Å². The molecule has 0 radical (unpaired) electrons. The van der Waals surface area contributed by atoms with Crippen LogP contribution < -0.4 is 14.8 Å². The largest absolute Gasteiger partial charge is 0.490 e. The smallest absolute Gasteiger partial charge is 0.325 e. The maximum absolute atomic E-state index is 11.9. The molecular formula is C15H20BrNO5. The van der Waals surface area contributed by atoms with Gasteiger partial charge in [0.25, 0.3) is 0 Å². The third-order valence-corrected chi connectivity index (χ3v) is 3.55. The Morgan fingerprint density at radius 1 is 1.23 bits per heavy atom. The van der Waals surface area contributed by atoms with Crippen LogP contribution in [-0.4, -0.2) is 36.2 Å². The number of carbonyl (C=O) groups excluding carboxylic acids is 1. The average Bonchev–Trinajstić information content (AvgIpc) is 2.44. The van der Waals surface area contributed by atoms with Crippen LogP contribution in [-0.2, 0) is 16.0 Å². The van der Waals surface area contributed by atoms with Gasteiger partial charge in [0.2, 0.25) is 5.91 Å². The fourth-order valence-electron chi connectivity index (χ4n) is 1.78. The van der Waals surface area contributed by atoms with E-state index < -0.39 is 12.0 Å². The summed E-state index contributed by atoms with van der Waals surface area (Å²) in [5.74, 6) is -0.294. The molecule has 122 valence electrons. The first kappa shape index (κ1) is 18.3. The minimum atomic E-state index is -1.07. The summed E-state index contributed by atoms with van der Waals surface area (Å²) in [6.07, 6.45) is 0.0463. The Labute approximate surface area is 137 Å². The molecule has 7 heteroatoms. The molecule has 0 aliphatic carbocycles. The maximum Gasteiger partial charge on any atom is 0.325 e. The second-order valence-electron chi connectivity index (χ2n) is 4.56. The number of amides is 1. The fourth-order valence-corrected chi connectivity index (χ4v) is 2.24. The van der Waals surface area contributed by atoms with Crippen LogP contribution in [0.1, 0.15) is 26.3 Å². The van der Waals surface area contributed by atoms with Crippen molar-refractivity contribution in [2.75, 3.05) is 13.2 Å². The monoisotopic (exact) mass is 373 g/mol. The molecule has 1 aromatic carbocycles. The molecule has 2 N–H and O–H groups in total. The number of carboxylic acid groups (broad SMARTS) is 1. The average molecular weight is 374 g/mol. The summed E-state index contributed by atoms with van der Waals surface area (Å²) in [4.78, 5) is 22.6. The number of benzene rings is 1. The highest BCUT2D eigenvalue weighted by atomic mass is 79.9. The van der Waals surface area contributed by atoms with Crippen molar-refractivity contribution >= 4 is 27.8 Å². The Morgan fingerprint density at radius 2 is 1.77 bits per heavy atom. The van der Waals surface area contributed by atoms with Crippen LogP contribution in [0.2, 0.25) is 0 Å². The SMILES string of the molecule is CCOc1cc(Br)c(CC(=O)N[C@@H](C)C(=O)O)cc1OCC. The number of hydrogen-bond acceptors (Lipinski definition) is 4. The van der Waals surface area contributed by atoms with Crippen LogP contribution in [0.4, 0.5) is 0 Å². The van der Waals surface area contributed by atoms with Crippen molar-refractivity contribution in [1.29, 1.82) is 0 Å². The van der Waals surface area contributed by atoms with Gasteiger partial charge in [-0.05, 0) is 38.5 Å². The lowest BCUT2D eigenvalue weighted by Crippen LogP contribution is -2.39. The molecule has 0 aliphatic heterocycles. The first-order valence-electron chi connectivity index (χ1n) is 6.99. The third kappa shape index (κ3) is 5.22. The van der Waals surface area contributed by atoms with Gasteiger partial charge in [-0.3, -0.25) is 9.59 Å². The second kappa shape index (κ2) is 8.63. The van der Waals surface area contributed by atoms with E-state index >= 15 is 0 Å². The zero-order valence-corrected chi connectivity index (χ0v) is 14.4. The molecule has 0 bridgehead atoms. The van der Waals surface area contributed by atoms with Gasteiger partial charge in [0.1, 0.15) is 6.04 Å². The highest BCUT2D eigenvalue weighted by molar-refractivity contribution is 9.10. The summed E-state index contributed by atoms with van der Waals surface area (Å²) >= 11 is 3.39. The normalized spacial score (nSPS) is 11.6. The third-order valence-electron chi connectivity index (χ3n) is 2.81. The summed E-state index contributed by atoms with van der Waals surface area (Å²) in [6.45, 7) is 6.13. The highest BCUT2D eigenvalue weighted by Gasteiger charge is 2.17. The molecule has 0 saturated carbocycles. The van der Waals surface area contributed by atoms with E-state index in [1.54, 1.807) is 12.1 Å². The van der Waals surface area contributed by atoms with Crippen molar-refractivity contribution in [2.45, 2.75) is 33.2 Å². The van der Waals surface area contributed by atoms with E-state index in [-0.39, 0.29) is 12.3 Å². The Kier molecular flexibility index (Phi) is 7.17. The Balaban J connectivity index is 2.92. The van der Waals surface area contributed by atoms with Crippen LogP contribution in [0, 0.1) is 0 Å². The van der Waals surface area contributed by atoms with E-state index in [0.717, 1.165) is 0 Å². The van der Waals surface area contributed by atoms with Gasteiger partial charge in [0, 0.05) is 4.47 Å². The summed E-state index contributed by atoms with van der Waals surface area (Å²) in [7, 11) is 0. The molecule has 6 nitrogen and oxygen atoms in total. The van der Waals surface area contributed by atoms with Crippen molar-refractivity contribution in [2.24, 2.45) is 0 Å². The summed E-state index contributed by atoms with van der Waals surface area (Å²) in [6, 6.07) is 2.54. The minimum absolute atomic E-state index is 0.0463. The van der Waals surface area contributed by atoms with Crippen LogP contribution in [0.3, 0.4) is 0 Å². The molecule has 0 aromatic heterocycles. The van der Waals surface area contributed by atoms with E-state index in [1.807, 2.05) is 13.8 Å². The number of nitrogens with one attached hydrogen (secondary N) is 1. The standard InChI is InChI=1S/C15H20BrNO5/c1-4-21-12-6-10(11(16)8-13(12)22-5-2)7-14(18)17-9(3)15(19)20/h6,8-9H,4-5,7H2,1-3H3,(H,17,18)(H,19,20)/t9-/m0/s1. The number of rotatable bonds is 8. The van der Waals surface area contributed by atoms with E-state index in [4.69, 9.17) is 14.6 Å². The molecular weight excluding hydrogens is 354 g/mol. The van der Waals surface area contributed by atoms with E-state index in [0.29, 0.717) is 34.7 Å². The molecule has 0 unspecified atom stereocenters. The molecule has 22 heavy (non-hydrogen) atoms. The quantitative estimate of drug-likeness (QED) is 0.730. The fraction of sp³-hybridized carbons (Fsp3) is 0.467. The number of carbonyl (C=O) groups is 2. The van der Waals surface area contributed by atoms with Gasteiger partial charge in [-0.2, -0.15) is 0 Å². The van der Waals surface area contributed by atoms with Gasteiger partial charge >= 0.3 is 5.97 Å². The maximum atomic E-state index is 11.9. The van der Waals surface area contributed by atoms with E-state index in [1.165, 1.54) is 6.92 Å². The molecule has 0 spiro atoms. The molecule has 1 atom stereocenters. The zero-order valence-electron chi connectivity index (χ0n) is 12.8. The Morgan fingerprint density at radius 3 is 2.27 bits per heavy atom.